The van der Waals surface area contributed by atoms with Crippen molar-refractivity contribution in [3.05, 3.63) is 60.1 Å². The molecule has 2 unspecified atom stereocenters. The van der Waals surface area contributed by atoms with Crippen molar-refractivity contribution in [2.24, 2.45) is 5.41 Å². The van der Waals surface area contributed by atoms with Gasteiger partial charge in [0.05, 0.1) is 11.7 Å². The Labute approximate surface area is 133 Å². The van der Waals surface area contributed by atoms with Crippen LogP contribution in [0, 0.1) is 5.41 Å². The molecule has 1 heterocycles. The average Bonchev–Trinajstić information content (AvgIpc) is 2.86. The van der Waals surface area contributed by atoms with Gasteiger partial charge in [0.2, 0.25) is 5.91 Å². The molecule has 0 bridgehead atoms. The zero-order chi connectivity index (χ0) is 15.1. The van der Waals surface area contributed by atoms with Gasteiger partial charge in [-0.3, -0.25) is 4.79 Å². The van der Waals surface area contributed by atoms with Crippen LogP contribution in [0.3, 0.4) is 0 Å². The van der Waals surface area contributed by atoms with E-state index in [2.05, 4.69) is 5.32 Å². The number of hydrogen-bond acceptors (Lipinski definition) is 2. The van der Waals surface area contributed by atoms with Gasteiger partial charge < -0.3 is 9.73 Å². The number of hydrogen-bond donors (Lipinski definition) is 1. The first-order valence-corrected chi connectivity index (χ1v) is 7.47. The molecule has 1 amide bonds. The van der Waals surface area contributed by atoms with Gasteiger partial charge in [-0.2, -0.15) is 0 Å². The molecule has 2 atom stereocenters. The van der Waals surface area contributed by atoms with Gasteiger partial charge in [0, 0.05) is 0 Å². The third-order valence-corrected chi connectivity index (χ3v) is 5.10. The van der Waals surface area contributed by atoms with Crippen LogP contribution in [-0.2, 0) is 4.79 Å². The predicted molar refractivity (Wildman–Crippen MR) is 82.3 cm³/mol. The molecule has 1 saturated carbocycles. The number of carbonyl (C=O) groups is 1. The second-order valence-corrected chi connectivity index (χ2v) is 7.03. The molecule has 3 nitrogen and oxygen atoms in total. The van der Waals surface area contributed by atoms with E-state index in [4.69, 9.17) is 27.6 Å². The third-order valence-electron chi connectivity index (χ3n) is 4.00. The molecule has 0 radical (unpaired) electrons. The highest BCUT2D eigenvalue weighted by Gasteiger charge is 2.68. The average molecular weight is 324 g/mol. The number of rotatable bonds is 4. The summed E-state index contributed by atoms with van der Waals surface area (Å²) in [5, 5.41) is 2.99. The highest BCUT2D eigenvalue weighted by molar-refractivity contribution is 6.53. The fourth-order valence-corrected chi connectivity index (χ4v) is 3.06. The van der Waals surface area contributed by atoms with Crippen LogP contribution >= 0.6 is 23.2 Å². The first kappa shape index (κ1) is 14.5. The Kier molecular flexibility index (Phi) is 3.50. The molecule has 0 saturated heterocycles. The Morgan fingerprint density at radius 1 is 1.24 bits per heavy atom. The molecule has 1 fully saturated rings. The van der Waals surface area contributed by atoms with Crippen LogP contribution in [0.1, 0.15) is 30.7 Å². The quantitative estimate of drug-likeness (QED) is 0.862. The van der Waals surface area contributed by atoms with Crippen molar-refractivity contribution in [2.45, 2.75) is 23.7 Å². The lowest BCUT2D eigenvalue weighted by Gasteiger charge is -2.20. The Morgan fingerprint density at radius 2 is 1.90 bits per heavy atom. The van der Waals surface area contributed by atoms with Gasteiger partial charge >= 0.3 is 0 Å². The maximum Gasteiger partial charge on any atom is 0.229 e. The van der Waals surface area contributed by atoms with E-state index in [1.54, 1.807) is 19.3 Å². The summed E-state index contributed by atoms with van der Waals surface area (Å²) >= 11 is 12.2. The van der Waals surface area contributed by atoms with Crippen LogP contribution in [0.2, 0.25) is 0 Å². The summed E-state index contributed by atoms with van der Waals surface area (Å²) in [4.78, 5) is 12.5. The summed E-state index contributed by atoms with van der Waals surface area (Å²) in [6.07, 6.45) is 2.04. The van der Waals surface area contributed by atoms with Crippen molar-refractivity contribution < 1.29 is 9.21 Å². The molecule has 2 aromatic rings. The van der Waals surface area contributed by atoms with E-state index in [1.165, 1.54) is 0 Å². The minimum Gasteiger partial charge on any atom is -0.467 e. The normalized spacial score (nSPS) is 24.3. The molecular formula is C16H15Cl2NO2. The van der Waals surface area contributed by atoms with Gasteiger partial charge in [-0.15, -0.1) is 23.2 Å². The Bertz CT molecular complexity index is 640. The number of nitrogens with one attached hydrogen (secondary N) is 1. The van der Waals surface area contributed by atoms with E-state index in [9.17, 15) is 4.79 Å². The molecule has 110 valence electrons. The first-order chi connectivity index (χ1) is 9.94. The lowest BCUT2D eigenvalue weighted by atomic mass is 10.0. The summed E-state index contributed by atoms with van der Waals surface area (Å²) in [7, 11) is 0. The van der Waals surface area contributed by atoms with E-state index in [0.29, 0.717) is 12.2 Å². The monoisotopic (exact) mass is 323 g/mol. The fraction of sp³-hybridized carbons (Fsp3) is 0.312. The zero-order valence-corrected chi connectivity index (χ0v) is 13.0. The van der Waals surface area contributed by atoms with Crippen LogP contribution in [0.25, 0.3) is 0 Å². The van der Waals surface area contributed by atoms with Crippen molar-refractivity contribution >= 4 is 29.1 Å². The van der Waals surface area contributed by atoms with Crippen LogP contribution in [0.15, 0.2) is 53.1 Å². The molecule has 3 rings (SSSR count). The minimum atomic E-state index is -0.985. The fourth-order valence-electron chi connectivity index (χ4n) is 2.36. The maximum atomic E-state index is 12.5. The lowest BCUT2D eigenvalue weighted by molar-refractivity contribution is -0.126. The van der Waals surface area contributed by atoms with Crippen LogP contribution in [0.4, 0.5) is 0 Å². The Morgan fingerprint density at radius 3 is 2.43 bits per heavy atom. The highest BCUT2D eigenvalue weighted by atomic mass is 35.5. The van der Waals surface area contributed by atoms with Gasteiger partial charge in [0.25, 0.3) is 0 Å². The third kappa shape index (κ3) is 2.56. The number of furan rings is 1. The molecular weight excluding hydrogens is 309 g/mol. The number of alkyl halides is 2. The minimum absolute atomic E-state index is 0.169. The molecule has 1 aromatic heterocycles. The standard InChI is InChI=1S/C16H15Cl2NO2/c1-15(10-16(15,17)18)14(20)19-13(12-8-5-9-21-12)11-6-3-2-4-7-11/h2-9,13H,10H2,1H3,(H,19,20). The van der Waals surface area contributed by atoms with Crippen LogP contribution in [-0.4, -0.2) is 10.2 Å². The largest absolute Gasteiger partial charge is 0.467 e. The molecule has 1 aliphatic rings. The predicted octanol–water partition coefficient (Wildman–Crippen LogP) is 4.07. The van der Waals surface area contributed by atoms with Crippen LogP contribution < -0.4 is 5.32 Å². The number of amides is 1. The van der Waals surface area contributed by atoms with Gasteiger partial charge in [-0.25, -0.2) is 0 Å². The van der Waals surface area contributed by atoms with Crippen molar-refractivity contribution in [1.82, 2.24) is 5.32 Å². The smallest absolute Gasteiger partial charge is 0.229 e. The first-order valence-electron chi connectivity index (χ1n) is 6.71. The molecule has 0 aliphatic heterocycles. The Balaban J connectivity index is 1.86. The van der Waals surface area contributed by atoms with E-state index >= 15 is 0 Å². The van der Waals surface area contributed by atoms with E-state index in [-0.39, 0.29) is 11.9 Å². The molecule has 1 aliphatic carbocycles. The molecule has 1 N–H and O–H groups in total. The second-order valence-electron chi connectivity index (χ2n) is 5.55. The summed E-state index contributed by atoms with van der Waals surface area (Å²) in [6, 6.07) is 12.9. The maximum absolute atomic E-state index is 12.5. The van der Waals surface area contributed by atoms with Crippen LogP contribution in [0.5, 0.6) is 0 Å². The number of carbonyl (C=O) groups excluding carboxylic acids is 1. The number of halogens is 2. The van der Waals surface area contributed by atoms with Gasteiger partial charge in [0.1, 0.15) is 16.1 Å². The Hall–Kier alpha value is -1.45. The molecule has 1 aromatic carbocycles. The van der Waals surface area contributed by atoms with Crippen molar-refractivity contribution in [3.8, 4) is 0 Å². The van der Waals surface area contributed by atoms with E-state index in [1.807, 2.05) is 36.4 Å². The summed E-state index contributed by atoms with van der Waals surface area (Å²) in [5.41, 5.74) is 0.190. The van der Waals surface area contributed by atoms with Crippen molar-refractivity contribution in [1.29, 1.82) is 0 Å². The van der Waals surface area contributed by atoms with Crippen molar-refractivity contribution in [2.75, 3.05) is 0 Å². The van der Waals surface area contributed by atoms with E-state index < -0.39 is 9.75 Å². The zero-order valence-electron chi connectivity index (χ0n) is 11.5. The summed E-state index contributed by atoms with van der Waals surface area (Å²) < 4.78 is 4.47. The van der Waals surface area contributed by atoms with Gasteiger partial charge in [0.15, 0.2) is 0 Å². The van der Waals surface area contributed by atoms with E-state index in [0.717, 1.165) is 5.56 Å². The van der Waals surface area contributed by atoms with Gasteiger partial charge in [-0.05, 0) is 31.0 Å². The lowest BCUT2D eigenvalue weighted by Crippen LogP contribution is -2.36. The topological polar surface area (TPSA) is 42.2 Å². The van der Waals surface area contributed by atoms with Crippen molar-refractivity contribution in [3.63, 3.8) is 0 Å². The number of benzene rings is 1. The summed E-state index contributed by atoms with van der Waals surface area (Å²) in [5.74, 6) is 0.506. The highest BCUT2D eigenvalue weighted by Crippen LogP contribution is 2.64. The second kappa shape index (κ2) is 5.08. The molecule has 5 heteroatoms. The summed E-state index contributed by atoms with van der Waals surface area (Å²) in [6.45, 7) is 1.77. The molecule has 21 heavy (non-hydrogen) atoms. The van der Waals surface area contributed by atoms with Gasteiger partial charge in [-0.1, -0.05) is 30.3 Å². The SMILES string of the molecule is CC1(C(=O)NC(c2ccccc2)c2ccco2)CC1(Cl)Cl. The molecule has 0 spiro atoms.